The van der Waals surface area contributed by atoms with Crippen LogP contribution in [0.1, 0.15) is 11.3 Å². The number of rotatable bonds is 2. The van der Waals surface area contributed by atoms with Crippen LogP contribution in [0.3, 0.4) is 0 Å². The highest BCUT2D eigenvalue weighted by Crippen LogP contribution is 2.41. The van der Waals surface area contributed by atoms with Crippen LogP contribution in [0.2, 0.25) is 0 Å². The Balaban J connectivity index is 3.39. The summed E-state index contributed by atoms with van der Waals surface area (Å²) in [5.74, 6) is -1.45. The third kappa shape index (κ3) is 3.60. The number of alkyl halides is 6. The molecule has 1 heterocycles. The highest BCUT2D eigenvalue weighted by atomic mass is 127. The van der Waals surface area contributed by atoms with Crippen LogP contribution in [0.4, 0.5) is 26.3 Å². The Morgan fingerprint density at radius 2 is 1.78 bits per heavy atom. The van der Waals surface area contributed by atoms with Gasteiger partial charge in [0.05, 0.1) is 22.1 Å². The van der Waals surface area contributed by atoms with Crippen LogP contribution in [0, 0.1) is 3.57 Å². The van der Waals surface area contributed by atoms with Crippen molar-refractivity contribution >= 4 is 22.6 Å². The highest BCUT2D eigenvalue weighted by molar-refractivity contribution is 14.1. The fourth-order valence-electron chi connectivity index (χ4n) is 1.09. The summed E-state index contributed by atoms with van der Waals surface area (Å²) in [5.41, 5.74) is -1.99. The quantitative estimate of drug-likeness (QED) is 0.627. The largest absolute Gasteiger partial charge is 0.573 e. The van der Waals surface area contributed by atoms with E-state index in [4.69, 9.17) is 5.11 Å². The van der Waals surface area contributed by atoms with Gasteiger partial charge in [-0.05, 0) is 22.6 Å². The predicted molar refractivity (Wildman–Crippen MR) is 54.6 cm³/mol. The van der Waals surface area contributed by atoms with Crippen LogP contribution in [-0.4, -0.2) is 16.5 Å². The summed E-state index contributed by atoms with van der Waals surface area (Å²) in [6.07, 6.45) is -10.0. The molecular weight excluding hydrogens is 383 g/mol. The van der Waals surface area contributed by atoms with E-state index in [1.807, 2.05) is 0 Å². The van der Waals surface area contributed by atoms with Gasteiger partial charge in [0, 0.05) is 0 Å². The van der Waals surface area contributed by atoms with Gasteiger partial charge in [0.15, 0.2) is 5.75 Å². The summed E-state index contributed by atoms with van der Waals surface area (Å²) in [4.78, 5) is 3.27. The summed E-state index contributed by atoms with van der Waals surface area (Å²) >= 11 is 1.15. The van der Waals surface area contributed by atoms with Crippen molar-refractivity contribution in [1.82, 2.24) is 4.98 Å². The van der Waals surface area contributed by atoms with Crippen molar-refractivity contribution in [2.45, 2.75) is 19.1 Å². The third-order valence-electron chi connectivity index (χ3n) is 1.72. The van der Waals surface area contributed by atoms with Crippen molar-refractivity contribution < 1.29 is 36.2 Å². The average Bonchev–Trinajstić information content (AvgIpc) is 2.13. The third-order valence-corrected chi connectivity index (χ3v) is 2.88. The first-order valence-corrected chi connectivity index (χ1v) is 5.25. The molecule has 0 saturated heterocycles. The zero-order valence-corrected chi connectivity index (χ0v) is 10.4. The van der Waals surface area contributed by atoms with Gasteiger partial charge in [0.1, 0.15) is 5.56 Å². The van der Waals surface area contributed by atoms with E-state index in [0.717, 1.165) is 22.6 Å². The van der Waals surface area contributed by atoms with E-state index in [1.54, 1.807) is 0 Å². The van der Waals surface area contributed by atoms with Crippen LogP contribution < -0.4 is 4.74 Å². The van der Waals surface area contributed by atoms with Crippen molar-refractivity contribution in [3.05, 3.63) is 21.0 Å². The molecule has 0 fully saturated rings. The molecule has 102 valence electrons. The van der Waals surface area contributed by atoms with Crippen LogP contribution in [0.5, 0.6) is 5.75 Å². The lowest BCUT2D eigenvalue weighted by Crippen LogP contribution is -2.22. The molecule has 0 bridgehead atoms. The summed E-state index contributed by atoms with van der Waals surface area (Å²) in [7, 11) is 0. The fourth-order valence-corrected chi connectivity index (χ4v) is 1.97. The first kappa shape index (κ1) is 15.3. The molecule has 0 aromatic carbocycles. The molecular formula is C8H4F6INO2. The smallest absolute Gasteiger partial charge is 0.403 e. The number of aromatic nitrogens is 1. The number of hydrogen-bond acceptors (Lipinski definition) is 3. The lowest BCUT2D eigenvalue weighted by molar-refractivity contribution is -0.276. The first-order chi connectivity index (χ1) is 8.06. The SMILES string of the molecule is OCc1ncc(OC(F)(F)F)c(C(F)(F)F)c1I. The Labute approximate surface area is 110 Å². The molecule has 1 N–H and O–H groups in total. The lowest BCUT2D eigenvalue weighted by atomic mass is 10.2. The maximum absolute atomic E-state index is 12.6. The van der Waals surface area contributed by atoms with Gasteiger partial charge >= 0.3 is 12.5 Å². The fraction of sp³-hybridized carbons (Fsp3) is 0.375. The number of aliphatic hydroxyl groups is 1. The van der Waals surface area contributed by atoms with E-state index in [9.17, 15) is 26.3 Å². The van der Waals surface area contributed by atoms with E-state index in [1.165, 1.54) is 0 Å². The second kappa shape index (κ2) is 5.07. The lowest BCUT2D eigenvalue weighted by Gasteiger charge is -2.17. The van der Waals surface area contributed by atoms with E-state index in [2.05, 4.69) is 9.72 Å². The van der Waals surface area contributed by atoms with Gasteiger partial charge < -0.3 is 9.84 Å². The summed E-state index contributed by atoms with van der Waals surface area (Å²) in [6.45, 7) is -0.826. The molecule has 10 heteroatoms. The van der Waals surface area contributed by atoms with Crippen molar-refractivity contribution in [2.24, 2.45) is 0 Å². The molecule has 1 rings (SSSR count). The second-order valence-electron chi connectivity index (χ2n) is 2.96. The molecule has 0 spiro atoms. The summed E-state index contributed by atoms with van der Waals surface area (Å²) in [6, 6.07) is 0. The summed E-state index contributed by atoms with van der Waals surface area (Å²) < 4.78 is 76.4. The molecule has 0 atom stereocenters. The maximum atomic E-state index is 12.6. The number of halogens is 7. The Bertz CT molecular complexity index is 444. The minimum atomic E-state index is -5.26. The summed E-state index contributed by atoms with van der Waals surface area (Å²) in [5, 5.41) is 8.73. The Morgan fingerprint density at radius 3 is 2.17 bits per heavy atom. The predicted octanol–water partition coefficient (Wildman–Crippen LogP) is 3.10. The molecule has 0 radical (unpaired) electrons. The van der Waals surface area contributed by atoms with E-state index >= 15 is 0 Å². The van der Waals surface area contributed by atoms with Gasteiger partial charge in [-0.2, -0.15) is 13.2 Å². The number of aliphatic hydroxyl groups excluding tert-OH is 1. The molecule has 0 aliphatic carbocycles. The monoisotopic (exact) mass is 387 g/mol. The average molecular weight is 387 g/mol. The molecule has 18 heavy (non-hydrogen) atoms. The van der Waals surface area contributed by atoms with Crippen molar-refractivity contribution in [3.63, 3.8) is 0 Å². The van der Waals surface area contributed by atoms with Gasteiger partial charge in [-0.3, -0.25) is 4.98 Å². The van der Waals surface area contributed by atoms with E-state index < -0.39 is 34.0 Å². The van der Waals surface area contributed by atoms with Gasteiger partial charge in [0.2, 0.25) is 0 Å². The molecule has 0 unspecified atom stereocenters. The Morgan fingerprint density at radius 1 is 1.22 bits per heavy atom. The zero-order chi connectivity index (χ0) is 14.1. The number of pyridine rings is 1. The molecule has 1 aromatic heterocycles. The molecule has 0 aliphatic heterocycles. The van der Waals surface area contributed by atoms with Gasteiger partial charge in [-0.1, -0.05) is 0 Å². The molecule has 0 aliphatic rings. The van der Waals surface area contributed by atoms with Crippen molar-refractivity contribution in [1.29, 1.82) is 0 Å². The molecule has 1 aromatic rings. The van der Waals surface area contributed by atoms with E-state index in [0.29, 0.717) is 0 Å². The maximum Gasteiger partial charge on any atom is 0.573 e. The van der Waals surface area contributed by atoms with Crippen LogP contribution in [0.25, 0.3) is 0 Å². The highest BCUT2D eigenvalue weighted by Gasteiger charge is 2.42. The van der Waals surface area contributed by atoms with Crippen molar-refractivity contribution in [2.75, 3.05) is 0 Å². The zero-order valence-electron chi connectivity index (χ0n) is 8.23. The Kier molecular flexibility index (Phi) is 4.30. The van der Waals surface area contributed by atoms with Gasteiger partial charge in [-0.25, -0.2) is 0 Å². The first-order valence-electron chi connectivity index (χ1n) is 4.17. The van der Waals surface area contributed by atoms with Crippen LogP contribution in [0.15, 0.2) is 6.20 Å². The van der Waals surface area contributed by atoms with Gasteiger partial charge in [-0.15, -0.1) is 13.2 Å². The van der Waals surface area contributed by atoms with Crippen LogP contribution in [-0.2, 0) is 12.8 Å². The topological polar surface area (TPSA) is 42.4 Å². The van der Waals surface area contributed by atoms with Gasteiger partial charge in [0.25, 0.3) is 0 Å². The molecule has 3 nitrogen and oxygen atoms in total. The minimum Gasteiger partial charge on any atom is -0.403 e. The second-order valence-corrected chi connectivity index (χ2v) is 4.04. The van der Waals surface area contributed by atoms with Crippen molar-refractivity contribution in [3.8, 4) is 5.75 Å². The Hall–Kier alpha value is -0.780. The number of ether oxygens (including phenoxy) is 1. The molecule has 0 amide bonds. The van der Waals surface area contributed by atoms with Crippen LogP contribution >= 0.6 is 22.6 Å². The number of hydrogen-bond donors (Lipinski definition) is 1. The minimum absolute atomic E-state index is 0.282. The molecule has 0 saturated carbocycles. The normalized spacial score (nSPS) is 12.7. The number of nitrogens with zero attached hydrogens (tertiary/aromatic N) is 1. The van der Waals surface area contributed by atoms with E-state index in [-0.39, 0.29) is 11.9 Å². The standard InChI is InChI=1S/C8H4F6INO2/c9-7(10,11)5-4(18-8(12,13)14)1-16-3(2-17)6(5)15/h1,17H,2H2.